The summed E-state index contributed by atoms with van der Waals surface area (Å²) in [5.41, 5.74) is 3.01. The molecule has 0 saturated carbocycles. The molecule has 7 nitrogen and oxygen atoms in total. The van der Waals surface area contributed by atoms with E-state index in [4.69, 9.17) is 9.15 Å². The lowest BCUT2D eigenvalue weighted by Crippen LogP contribution is -2.46. The number of ether oxygens (including phenoxy) is 1. The number of aryl methyl sites for hydroxylation is 1. The van der Waals surface area contributed by atoms with Gasteiger partial charge in [-0.05, 0) is 46.2 Å². The molecule has 0 spiro atoms. The Morgan fingerprint density at radius 1 is 1.16 bits per heavy atom. The van der Waals surface area contributed by atoms with Crippen LogP contribution in [-0.4, -0.2) is 60.8 Å². The number of aliphatic imine (C=N–C) groups is 1. The summed E-state index contributed by atoms with van der Waals surface area (Å²) in [6.45, 7) is 13.7. The topological polar surface area (TPSA) is 74.9 Å². The SMILES string of the molecule is CCNC(=NCc1coc(-c2ccc(C)cc2)n1)NCCCN1CC(C)OC(C)C1.I. The van der Waals surface area contributed by atoms with Crippen LogP contribution in [0.2, 0.25) is 0 Å². The number of aromatic nitrogens is 1. The minimum Gasteiger partial charge on any atom is -0.444 e. The molecule has 2 atom stereocenters. The summed E-state index contributed by atoms with van der Waals surface area (Å²) in [5, 5.41) is 6.72. The summed E-state index contributed by atoms with van der Waals surface area (Å²) in [5.74, 6) is 1.44. The first-order valence-electron chi connectivity index (χ1n) is 10.9. The van der Waals surface area contributed by atoms with Gasteiger partial charge in [-0.15, -0.1) is 24.0 Å². The van der Waals surface area contributed by atoms with Crippen LogP contribution >= 0.6 is 24.0 Å². The molecule has 2 aromatic rings. The van der Waals surface area contributed by atoms with Crippen molar-refractivity contribution in [3.05, 3.63) is 41.8 Å². The Hall–Kier alpha value is -1.65. The predicted molar refractivity (Wildman–Crippen MR) is 136 cm³/mol. The molecule has 1 aliphatic rings. The van der Waals surface area contributed by atoms with Crippen molar-refractivity contribution in [1.29, 1.82) is 0 Å². The Bertz CT molecular complexity index is 799. The smallest absolute Gasteiger partial charge is 0.226 e. The molecular formula is C23H36IN5O2. The first-order chi connectivity index (χ1) is 14.5. The molecule has 8 heteroatoms. The fraction of sp³-hybridized carbons (Fsp3) is 0.565. The van der Waals surface area contributed by atoms with E-state index in [9.17, 15) is 0 Å². The number of rotatable bonds is 8. The van der Waals surface area contributed by atoms with Gasteiger partial charge in [0.2, 0.25) is 5.89 Å². The second kappa shape index (κ2) is 13.0. The second-order valence-electron chi connectivity index (χ2n) is 8.00. The van der Waals surface area contributed by atoms with Crippen molar-refractivity contribution in [2.75, 3.05) is 32.7 Å². The highest BCUT2D eigenvalue weighted by Crippen LogP contribution is 2.19. The summed E-state index contributed by atoms with van der Waals surface area (Å²) >= 11 is 0. The summed E-state index contributed by atoms with van der Waals surface area (Å²) in [6.07, 6.45) is 3.37. The van der Waals surface area contributed by atoms with Gasteiger partial charge in [-0.1, -0.05) is 17.7 Å². The van der Waals surface area contributed by atoms with E-state index in [-0.39, 0.29) is 24.0 Å². The number of benzene rings is 1. The summed E-state index contributed by atoms with van der Waals surface area (Å²) in [6, 6.07) is 8.16. The lowest BCUT2D eigenvalue weighted by Gasteiger charge is -2.35. The molecule has 1 aliphatic heterocycles. The average molecular weight is 541 g/mol. The normalized spacial score (nSPS) is 19.7. The molecule has 172 valence electrons. The minimum atomic E-state index is 0. The number of hydrogen-bond acceptors (Lipinski definition) is 5. The van der Waals surface area contributed by atoms with Gasteiger partial charge in [0.1, 0.15) is 12.0 Å². The number of nitrogens with zero attached hydrogens (tertiary/aromatic N) is 3. The maximum atomic E-state index is 5.80. The minimum absolute atomic E-state index is 0. The third kappa shape index (κ3) is 8.42. The fourth-order valence-corrected chi connectivity index (χ4v) is 3.69. The molecule has 31 heavy (non-hydrogen) atoms. The Morgan fingerprint density at radius 2 is 1.87 bits per heavy atom. The van der Waals surface area contributed by atoms with Crippen molar-refractivity contribution >= 4 is 29.9 Å². The number of halogens is 1. The zero-order valence-electron chi connectivity index (χ0n) is 19.1. The van der Waals surface area contributed by atoms with Crippen LogP contribution < -0.4 is 10.6 Å². The Labute approximate surface area is 203 Å². The first-order valence-corrected chi connectivity index (χ1v) is 10.9. The zero-order chi connectivity index (χ0) is 21.3. The summed E-state index contributed by atoms with van der Waals surface area (Å²) in [4.78, 5) is 11.7. The lowest BCUT2D eigenvalue weighted by atomic mass is 10.1. The molecule has 3 rings (SSSR count). The van der Waals surface area contributed by atoms with Crippen LogP contribution in [-0.2, 0) is 11.3 Å². The molecular weight excluding hydrogens is 505 g/mol. The van der Waals surface area contributed by atoms with Crippen LogP contribution in [0.3, 0.4) is 0 Å². The molecule has 1 aromatic carbocycles. The van der Waals surface area contributed by atoms with Crippen molar-refractivity contribution < 1.29 is 9.15 Å². The lowest BCUT2D eigenvalue weighted by molar-refractivity contribution is -0.0679. The molecule has 1 fully saturated rings. The highest BCUT2D eigenvalue weighted by molar-refractivity contribution is 14.0. The molecule has 0 radical (unpaired) electrons. The van der Waals surface area contributed by atoms with Crippen molar-refractivity contribution in [2.24, 2.45) is 4.99 Å². The number of guanidine groups is 1. The molecule has 2 unspecified atom stereocenters. The molecule has 1 saturated heterocycles. The van der Waals surface area contributed by atoms with Crippen LogP contribution in [0.25, 0.3) is 11.5 Å². The quantitative estimate of drug-likeness (QED) is 0.229. The fourth-order valence-electron chi connectivity index (χ4n) is 3.69. The van der Waals surface area contributed by atoms with E-state index in [0.717, 1.165) is 56.4 Å². The third-order valence-corrected chi connectivity index (χ3v) is 5.03. The standard InChI is InChI=1S/C23H35N5O2.HI/c1-5-24-23(25-11-6-12-28-14-18(3)30-19(4)15-28)26-13-21-16-29-22(27-21)20-9-7-17(2)8-10-20;/h7-10,16,18-19H,5-6,11-15H2,1-4H3,(H2,24,25,26);1H. The van der Waals surface area contributed by atoms with Gasteiger partial charge in [0.15, 0.2) is 5.96 Å². The third-order valence-electron chi connectivity index (χ3n) is 5.03. The molecule has 0 amide bonds. The van der Waals surface area contributed by atoms with Gasteiger partial charge < -0.3 is 19.8 Å². The van der Waals surface area contributed by atoms with Crippen LogP contribution in [0.1, 0.15) is 38.4 Å². The first kappa shape index (κ1) is 25.6. The highest BCUT2D eigenvalue weighted by Gasteiger charge is 2.21. The average Bonchev–Trinajstić information content (AvgIpc) is 3.18. The maximum Gasteiger partial charge on any atom is 0.226 e. The van der Waals surface area contributed by atoms with Crippen molar-refractivity contribution in [3.63, 3.8) is 0 Å². The maximum absolute atomic E-state index is 5.80. The molecule has 0 aliphatic carbocycles. The number of oxazole rings is 1. The van der Waals surface area contributed by atoms with Gasteiger partial charge in [-0.2, -0.15) is 0 Å². The van der Waals surface area contributed by atoms with E-state index in [1.807, 2.05) is 12.1 Å². The largest absolute Gasteiger partial charge is 0.444 e. The van der Waals surface area contributed by atoms with Gasteiger partial charge in [-0.3, -0.25) is 4.90 Å². The molecule has 1 aromatic heterocycles. The van der Waals surface area contributed by atoms with Gasteiger partial charge >= 0.3 is 0 Å². The van der Waals surface area contributed by atoms with Crippen molar-refractivity contribution in [2.45, 2.75) is 52.9 Å². The Kier molecular flexibility index (Phi) is 10.8. The number of hydrogen-bond donors (Lipinski definition) is 2. The van der Waals surface area contributed by atoms with Gasteiger partial charge in [0.25, 0.3) is 0 Å². The van der Waals surface area contributed by atoms with E-state index in [2.05, 4.69) is 65.3 Å². The zero-order valence-corrected chi connectivity index (χ0v) is 21.4. The second-order valence-corrected chi connectivity index (χ2v) is 8.00. The van der Waals surface area contributed by atoms with Gasteiger partial charge in [-0.25, -0.2) is 9.98 Å². The van der Waals surface area contributed by atoms with Gasteiger partial charge in [0, 0.05) is 38.3 Å². The number of morpholine rings is 1. The van der Waals surface area contributed by atoms with E-state index >= 15 is 0 Å². The van der Waals surface area contributed by atoms with Crippen LogP contribution in [0.4, 0.5) is 0 Å². The van der Waals surface area contributed by atoms with Crippen LogP contribution in [0.15, 0.2) is 39.9 Å². The van der Waals surface area contributed by atoms with E-state index < -0.39 is 0 Å². The van der Waals surface area contributed by atoms with E-state index in [1.165, 1.54) is 5.56 Å². The van der Waals surface area contributed by atoms with Crippen molar-refractivity contribution in [3.8, 4) is 11.5 Å². The Balaban J connectivity index is 0.00000341. The Morgan fingerprint density at radius 3 is 2.55 bits per heavy atom. The summed E-state index contributed by atoms with van der Waals surface area (Å²) < 4.78 is 11.4. The molecule has 0 bridgehead atoms. The summed E-state index contributed by atoms with van der Waals surface area (Å²) in [7, 11) is 0. The highest BCUT2D eigenvalue weighted by atomic mass is 127. The van der Waals surface area contributed by atoms with Gasteiger partial charge in [0.05, 0.1) is 18.8 Å². The monoisotopic (exact) mass is 541 g/mol. The van der Waals surface area contributed by atoms with E-state index in [0.29, 0.717) is 24.6 Å². The van der Waals surface area contributed by atoms with Crippen molar-refractivity contribution in [1.82, 2.24) is 20.5 Å². The predicted octanol–water partition coefficient (Wildman–Crippen LogP) is 3.82. The van der Waals surface area contributed by atoms with Crippen LogP contribution in [0, 0.1) is 6.92 Å². The van der Waals surface area contributed by atoms with E-state index in [1.54, 1.807) is 6.26 Å². The number of nitrogens with one attached hydrogen (secondary N) is 2. The van der Waals surface area contributed by atoms with Crippen LogP contribution in [0.5, 0.6) is 0 Å². The molecule has 2 N–H and O–H groups in total. The molecule has 2 heterocycles.